The van der Waals surface area contributed by atoms with Gasteiger partial charge in [-0.2, -0.15) is 0 Å². The molecule has 0 radical (unpaired) electrons. The summed E-state index contributed by atoms with van der Waals surface area (Å²) >= 11 is 6.04. The molecule has 1 fully saturated rings. The van der Waals surface area contributed by atoms with Crippen molar-refractivity contribution in [1.29, 1.82) is 0 Å². The van der Waals surface area contributed by atoms with Crippen LogP contribution in [-0.2, 0) is 11.2 Å². The van der Waals surface area contributed by atoms with Gasteiger partial charge in [-0.15, -0.1) is 0 Å². The van der Waals surface area contributed by atoms with Crippen LogP contribution in [0.5, 0.6) is 5.75 Å². The zero-order valence-electron chi connectivity index (χ0n) is 13.7. The van der Waals surface area contributed by atoms with Crippen LogP contribution in [0.2, 0.25) is 5.02 Å². The molecular weight excluding hydrogens is 322 g/mol. The highest BCUT2D eigenvalue weighted by atomic mass is 35.5. The van der Waals surface area contributed by atoms with Gasteiger partial charge in [0.25, 0.3) is 5.91 Å². The molecule has 1 aliphatic rings. The summed E-state index contributed by atoms with van der Waals surface area (Å²) < 4.78 is 5.55. The SMILES string of the molecule is O=C(COc1ccccc1Cl)N1CCC(Cc2ccccc2)CC1. The van der Waals surface area contributed by atoms with E-state index in [1.807, 2.05) is 23.1 Å². The van der Waals surface area contributed by atoms with E-state index in [9.17, 15) is 4.79 Å². The quantitative estimate of drug-likeness (QED) is 0.814. The number of para-hydroxylation sites is 1. The molecule has 1 amide bonds. The first-order chi connectivity index (χ1) is 11.7. The molecule has 0 bridgehead atoms. The Morgan fingerprint density at radius 1 is 1.04 bits per heavy atom. The molecular formula is C20H22ClNO2. The molecule has 0 spiro atoms. The molecule has 1 saturated heterocycles. The van der Waals surface area contributed by atoms with Crippen molar-refractivity contribution in [3.05, 3.63) is 65.2 Å². The molecule has 126 valence electrons. The van der Waals surface area contributed by atoms with Crippen LogP contribution in [0.3, 0.4) is 0 Å². The number of rotatable bonds is 5. The highest BCUT2D eigenvalue weighted by Crippen LogP contribution is 2.24. The average molecular weight is 344 g/mol. The standard InChI is InChI=1S/C20H22ClNO2/c21-18-8-4-5-9-19(18)24-15-20(23)22-12-10-17(11-13-22)14-16-6-2-1-3-7-16/h1-9,17H,10-15H2. The van der Waals surface area contributed by atoms with Crippen LogP contribution in [0.1, 0.15) is 18.4 Å². The number of likely N-dealkylation sites (tertiary alicyclic amines) is 1. The van der Waals surface area contributed by atoms with Gasteiger partial charge in [-0.1, -0.05) is 54.1 Å². The predicted octanol–water partition coefficient (Wildman–Crippen LogP) is 4.20. The maximum absolute atomic E-state index is 12.3. The lowest BCUT2D eigenvalue weighted by Crippen LogP contribution is -2.41. The molecule has 0 unspecified atom stereocenters. The van der Waals surface area contributed by atoms with Crippen molar-refractivity contribution in [2.75, 3.05) is 19.7 Å². The fraction of sp³-hybridized carbons (Fsp3) is 0.350. The second-order valence-corrected chi connectivity index (χ2v) is 6.64. The molecule has 2 aromatic carbocycles. The summed E-state index contributed by atoms with van der Waals surface area (Å²) in [6, 6.07) is 17.8. The molecule has 0 saturated carbocycles. The fourth-order valence-corrected chi connectivity index (χ4v) is 3.32. The van der Waals surface area contributed by atoms with Crippen molar-refractivity contribution in [2.45, 2.75) is 19.3 Å². The van der Waals surface area contributed by atoms with Gasteiger partial charge in [-0.05, 0) is 42.9 Å². The molecule has 4 heteroatoms. The van der Waals surface area contributed by atoms with E-state index in [1.165, 1.54) is 5.56 Å². The number of ether oxygens (including phenoxy) is 1. The van der Waals surface area contributed by atoms with Crippen molar-refractivity contribution in [2.24, 2.45) is 5.92 Å². The molecule has 24 heavy (non-hydrogen) atoms. The topological polar surface area (TPSA) is 29.5 Å². The van der Waals surface area contributed by atoms with Crippen LogP contribution in [0.15, 0.2) is 54.6 Å². The molecule has 3 nitrogen and oxygen atoms in total. The molecule has 0 N–H and O–H groups in total. The minimum absolute atomic E-state index is 0.0353. The van der Waals surface area contributed by atoms with Gasteiger partial charge in [-0.3, -0.25) is 4.79 Å². The summed E-state index contributed by atoms with van der Waals surface area (Å²) in [6.07, 6.45) is 3.19. The smallest absolute Gasteiger partial charge is 0.260 e. The number of piperidine rings is 1. The van der Waals surface area contributed by atoms with Gasteiger partial charge in [0.05, 0.1) is 5.02 Å². The van der Waals surface area contributed by atoms with Crippen LogP contribution >= 0.6 is 11.6 Å². The Kier molecular flexibility index (Phi) is 5.76. The summed E-state index contributed by atoms with van der Waals surface area (Å²) in [6.45, 7) is 1.66. The van der Waals surface area contributed by atoms with E-state index in [2.05, 4.69) is 24.3 Å². The van der Waals surface area contributed by atoms with Gasteiger partial charge in [0.15, 0.2) is 6.61 Å². The molecule has 1 heterocycles. The third-order valence-corrected chi connectivity index (χ3v) is 4.83. The minimum atomic E-state index is 0.0353. The zero-order chi connectivity index (χ0) is 16.8. The summed E-state index contributed by atoms with van der Waals surface area (Å²) in [4.78, 5) is 14.2. The van der Waals surface area contributed by atoms with Gasteiger partial charge in [0, 0.05) is 13.1 Å². The van der Waals surface area contributed by atoms with E-state index in [-0.39, 0.29) is 12.5 Å². The van der Waals surface area contributed by atoms with Crippen LogP contribution in [0.4, 0.5) is 0 Å². The average Bonchev–Trinajstić information content (AvgIpc) is 2.62. The second kappa shape index (κ2) is 8.20. The number of nitrogens with zero attached hydrogens (tertiary/aromatic N) is 1. The number of benzene rings is 2. The van der Waals surface area contributed by atoms with E-state index >= 15 is 0 Å². The number of carbonyl (C=O) groups excluding carboxylic acids is 1. The van der Waals surface area contributed by atoms with E-state index in [4.69, 9.17) is 16.3 Å². The Morgan fingerprint density at radius 3 is 2.42 bits per heavy atom. The van der Waals surface area contributed by atoms with E-state index in [1.54, 1.807) is 12.1 Å². The van der Waals surface area contributed by atoms with Crippen molar-refractivity contribution >= 4 is 17.5 Å². The maximum atomic E-state index is 12.3. The molecule has 0 aliphatic carbocycles. The van der Waals surface area contributed by atoms with Gasteiger partial charge in [-0.25, -0.2) is 0 Å². The second-order valence-electron chi connectivity index (χ2n) is 6.23. The normalized spacial score (nSPS) is 15.3. The third-order valence-electron chi connectivity index (χ3n) is 4.52. The maximum Gasteiger partial charge on any atom is 0.260 e. The predicted molar refractivity (Wildman–Crippen MR) is 96.4 cm³/mol. The van der Waals surface area contributed by atoms with Crippen LogP contribution in [0.25, 0.3) is 0 Å². The lowest BCUT2D eigenvalue weighted by Gasteiger charge is -2.32. The van der Waals surface area contributed by atoms with Crippen LogP contribution in [0, 0.1) is 5.92 Å². The number of hydrogen-bond acceptors (Lipinski definition) is 2. The Labute approximate surface area is 148 Å². The molecule has 2 aromatic rings. The number of carbonyl (C=O) groups is 1. The lowest BCUT2D eigenvalue weighted by atomic mass is 9.90. The van der Waals surface area contributed by atoms with E-state index in [0.29, 0.717) is 16.7 Å². The minimum Gasteiger partial charge on any atom is -0.482 e. The summed E-state index contributed by atoms with van der Waals surface area (Å²) in [5.74, 6) is 1.25. The van der Waals surface area contributed by atoms with Crippen LogP contribution < -0.4 is 4.74 Å². The first-order valence-corrected chi connectivity index (χ1v) is 8.79. The first kappa shape index (κ1) is 16.8. The number of hydrogen-bond donors (Lipinski definition) is 0. The Hall–Kier alpha value is -2.00. The third kappa shape index (κ3) is 4.51. The Morgan fingerprint density at radius 2 is 1.71 bits per heavy atom. The van der Waals surface area contributed by atoms with Gasteiger partial charge in [0.2, 0.25) is 0 Å². The van der Waals surface area contributed by atoms with Gasteiger partial charge < -0.3 is 9.64 Å². The number of amides is 1. The monoisotopic (exact) mass is 343 g/mol. The Bertz CT molecular complexity index is 666. The van der Waals surface area contributed by atoms with Gasteiger partial charge in [0.1, 0.15) is 5.75 Å². The summed E-state index contributed by atoms with van der Waals surface area (Å²) in [5, 5.41) is 0.534. The first-order valence-electron chi connectivity index (χ1n) is 8.41. The summed E-state index contributed by atoms with van der Waals surface area (Å²) in [5.41, 5.74) is 1.38. The molecule has 0 atom stereocenters. The lowest BCUT2D eigenvalue weighted by molar-refractivity contribution is -0.134. The highest BCUT2D eigenvalue weighted by Gasteiger charge is 2.23. The summed E-state index contributed by atoms with van der Waals surface area (Å²) in [7, 11) is 0. The van der Waals surface area contributed by atoms with Crippen molar-refractivity contribution in [1.82, 2.24) is 4.90 Å². The van der Waals surface area contributed by atoms with Gasteiger partial charge >= 0.3 is 0 Å². The molecule has 0 aromatic heterocycles. The zero-order valence-corrected chi connectivity index (χ0v) is 14.4. The molecule has 3 rings (SSSR count). The fourth-order valence-electron chi connectivity index (χ4n) is 3.13. The van der Waals surface area contributed by atoms with E-state index < -0.39 is 0 Å². The highest BCUT2D eigenvalue weighted by molar-refractivity contribution is 6.32. The molecule has 1 aliphatic heterocycles. The van der Waals surface area contributed by atoms with Crippen molar-refractivity contribution in [3.63, 3.8) is 0 Å². The van der Waals surface area contributed by atoms with Crippen LogP contribution in [-0.4, -0.2) is 30.5 Å². The number of halogens is 1. The largest absolute Gasteiger partial charge is 0.482 e. The Balaban J connectivity index is 1.44. The van der Waals surface area contributed by atoms with Crippen molar-refractivity contribution in [3.8, 4) is 5.75 Å². The van der Waals surface area contributed by atoms with E-state index in [0.717, 1.165) is 32.4 Å². The van der Waals surface area contributed by atoms with Crippen molar-refractivity contribution < 1.29 is 9.53 Å².